The summed E-state index contributed by atoms with van der Waals surface area (Å²) in [7, 11) is 0. The van der Waals surface area contributed by atoms with Crippen molar-refractivity contribution in [1.82, 2.24) is 9.97 Å². The highest BCUT2D eigenvalue weighted by atomic mass is 32.1. The van der Waals surface area contributed by atoms with Crippen molar-refractivity contribution >= 4 is 56.3 Å². The highest BCUT2D eigenvalue weighted by molar-refractivity contribution is 7.20. The Kier molecular flexibility index (Phi) is 3.49. The van der Waals surface area contributed by atoms with Gasteiger partial charge in [-0.1, -0.05) is 103 Å². The Labute approximate surface area is 212 Å². The van der Waals surface area contributed by atoms with E-state index in [1.165, 1.54) is 54.8 Å². The van der Waals surface area contributed by atoms with Gasteiger partial charge in [0.15, 0.2) is 0 Å². The minimum Gasteiger partial charge on any atom is -0.242 e. The van der Waals surface area contributed by atoms with E-state index in [9.17, 15) is 0 Å². The Bertz CT molecular complexity index is 1960. The van der Waals surface area contributed by atoms with Gasteiger partial charge in [0, 0.05) is 16.4 Å². The predicted octanol–water partition coefficient (Wildman–Crippen LogP) is 8.64. The van der Waals surface area contributed by atoms with Gasteiger partial charge >= 0.3 is 0 Å². The van der Waals surface area contributed by atoms with Crippen LogP contribution in [0, 0.1) is 5.92 Å². The van der Waals surface area contributed by atoms with Gasteiger partial charge in [0.05, 0.1) is 20.8 Å². The van der Waals surface area contributed by atoms with Crippen LogP contribution in [0.5, 0.6) is 0 Å². The molecule has 2 nitrogen and oxygen atoms in total. The molecule has 0 bridgehead atoms. The van der Waals surface area contributed by atoms with E-state index in [-0.39, 0.29) is 5.41 Å². The second kappa shape index (κ2) is 6.57. The van der Waals surface area contributed by atoms with Crippen molar-refractivity contribution in [2.75, 3.05) is 0 Å². The standard InChI is InChI=1S/C33H20N2S/c1-3-8-20(9-4-1)31-29-30(32(36-31)21-10-5-2-6-11-21)35-28-24-15-14-22-18-33(22)17-16-19-12-7-13-23(27(28)34-29)25(19)26(24)33/h1-17,22H,18H2. The summed E-state index contributed by atoms with van der Waals surface area (Å²) in [5.41, 5.74) is 10.6. The van der Waals surface area contributed by atoms with E-state index in [1.54, 1.807) is 11.3 Å². The van der Waals surface area contributed by atoms with E-state index in [4.69, 9.17) is 9.97 Å². The van der Waals surface area contributed by atoms with Crippen molar-refractivity contribution in [1.29, 1.82) is 0 Å². The lowest BCUT2D eigenvalue weighted by molar-refractivity contribution is 0.826. The predicted molar refractivity (Wildman–Crippen MR) is 151 cm³/mol. The van der Waals surface area contributed by atoms with Crippen LogP contribution in [0.1, 0.15) is 23.1 Å². The maximum Gasteiger partial charge on any atom is 0.109 e. The molecule has 1 fully saturated rings. The quantitative estimate of drug-likeness (QED) is 0.234. The number of hydrogen-bond donors (Lipinski definition) is 0. The zero-order valence-electron chi connectivity index (χ0n) is 19.4. The Morgan fingerprint density at radius 3 is 2.11 bits per heavy atom. The summed E-state index contributed by atoms with van der Waals surface area (Å²) in [6.07, 6.45) is 10.7. The molecule has 6 aromatic rings. The number of thiophene rings is 1. The van der Waals surface area contributed by atoms with Crippen LogP contribution in [0.25, 0.3) is 65.9 Å². The van der Waals surface area contributed by atoms with Gasteiger partial charge in [-0.15, -0.1) is 11.3 Å². The molecule has 2 atom stereocenters. The molecule has 0 radical (unpaired) electrons. The number of rotatable bonds is 2. The van der Waals surface area contributed by atoms with Crippen molar-refractivity contribution in [3.05, 3.63) is 108 Å². The fourth-order valence-electron chi connectivity index (χ4n) is 6.54. The van der Waals surface area contributed by atoms with Crippen molar-refractivity contribution in [3.8, 4) is 20.9 Å². The molecule has 9 rings (SSSR count). The number of nitrogens with zero attached hydrogens (tertiary/aromatic N) is 2. The lowest BCUT2D eigenvalue weighted by atomic mass is 9.76. The SMILES string of the molecule is C1=CC2CC23C=Cc2cccc4c2c3c1c1nc2c(-c3ccccc3)sc(-c3ccccc3)c2nc14. The fourth-order valence-corrected chi connectivity index (χ4v) is 7.73. The molecule has 0 saturated heterocycles. The van der Waals surface area contributed by atoms with Crippen LogP contribution < -0.4 is 0 Å². The van der Waals surface area contributed by atoms with Crippen LogP contribution in [0.4, 0.5) is 0 Å². The molecule has 3 heteroatoms. The molecule has 0 amide bonds. The molecule has 1 spiro atoms. The normalized spacial score (nSPS) is 20.8. The van der Waals surface area contributed by atoms with Gasteiger partial charge < -0.3 is 0 Å². The number of aromatic nitrogens is 2. The molecule has 2 aromatic heterocycles. The lowest BCUT2D eigenvalue weighted by Gasteiger charge is -2.27. The Balaban J connectivity index is 1.48. The average molecular weight is 477 g/mol. The molecule has 0 N–H and O–H groups in total. The molecular weight excluding hydrogens is 456 g/mol. The second-order valence-corrected chi connectivity index (χ2v) is 11.2. The monoisotopic (exact) mass is 476 g/mol. The van der Waals surface area contributed by atoms with Crippen LogP contribution in [-0.2, 0) is 5.41 Å². The molecule has 1 saturated carbocycles. The zero-order chi connectivity index (χ0) is 23.4. The average Bonchev–Trinajstić information content (AvgIpc) is 3.55. The zero-order valence-corrected chi connectivity index (χ0v) is 20.2. The number of allylic oxidation sites excluding steroid dienone is 2. The van der Waals surface area contributed by atoms with Gasteiger partial charge in [-0.05, 0) is 40.0 Å². The van der Waals surface area contributed by atoms with E-state index in [2.05, 4.69) is 103 Å². The van der Waals surface area contributed by atoms with Crippen molar-refractivity contribution in [3.63, 3.8) is 0 Å². The first-order valence-corrected chi connectivity index (χ1v) is 13.4. The van der Waals surface area contributed by atoms with Gasteiger partial charge in [0.2, 0.25) is 0 Å². The summed E-state index contributed by atoms with van der Waals surface area (Å²) in [5.74, 6) is 0.609. The molecule has 3 aliphatic rings. The molecule has 36 heavy (non-hydrogen) atoms. The second-order valence-electron chi connectivity index (χ2n) is 10.2. The highest BCUT2D eigenvalue weighted by Crippen LogP contribution is 2.64. The molecule has 4 aromatic carbocycles. The smallest absolute Gasteiger partial charge is 0.109 e. The third-order valence-corrected chi connectivity index (χ3v) is 9.57. The fraction of sp³-hybridized carbons (Fsp3) is 0.0909. The Morgan fingerprint density at radius 1 is 0.694 bits per heavy atom. The first-order chi connectivity index (χ1) is 17.8. The van der Waals surface area contributed by atoms with Crippen molar-refractivity contribution in [2.24, 2.45) is 5.92 Å². The Hall–Kier alpha value is -4.08. The van der Waals surface area contributed by atoms with Crippen molar-refractivity contribution < 1.29 is 0 Å². The summed E-state index contributed by atoms with van der Waals surface area (Å²) in [5, 5.41) is 2.61. The molecule has 2 heterocycles. The molecular formula is C33H20N2S. The molecule has 168 valence electrons. The molecule has 0 aliphatic heterocycles. The van der Waals surface area contributed by atoms with E-state index in [0.29, 0.717) is 5.92 Å². The maximum atomic E-state index is 5.47. The van der Waals surface area contributed by atoms with Gasteiger partial charge in [-0.25, -0.2) is 9.97 Å². The van der Waals surface area contributed by atoms with Crippen LogP contribution >= 0.6 is 11.3 Å². The van der Waals surface area contributed by atoms with Crippen LogP contribution in [0.2, 0.25) is 0 Å². The van der Waals surface area contributed by atoms with E-state index >= 15 is 0 Å². The minimum atomic E-state index is 0.146. The highest BCUT2D eigenvalue weighted by Gasteiger charge is 2.56. The molecule has 2 unspecified atom stereocenters. The first-order valence-electron chi connectivity index (χ1n) is 12.5. The van der Waals surface area contributed by atoms with Gasteiger partial charge in [-0.3, -0.25) is 0 Å². The van der Waals surface area contributed by atoms with Gasteiger partial charge in [0.25, 0.3) is 0 Å². The topological polar surface area (TPSA) is 25.8 Å². The summed E-state index contributed by atoms with van der Waals surface area (Å²) >= 11 is 1.80. The molecule has 3 aliphatic carbocycles. The summed E-state index contributed by atoms with van der Waals surface area (Å²) in [6.45, 7) is 0. The van der Waals surface area contributed by atoms with Gasteiger partial charge in [-0.2, -0.15) is 0 Å². The number of hydrogen-bond acceptors (Lipinski definition) is 3. The lowest BCUT2D eigenvalue weighted by Crippen LogP contribution is -2.16. The van der Waals surface area contributed by atoms with E-state index in [0.717, 1.165) is 22.1 Å². The van der Waals surface area contributed by atoms with Gasteiger partial charge in [0.1, 0.15) is 11.0 Å². The summed E-state index contributed by atoms with van der Waals surface area (Å²) < 4.78 is 0. The van der Waals surface area contributed by atoms with Crippen LogP contribution in [0.15, 0.2) is 91.0 Å². The third kappa shape index (κ3) is 2.32. The number of fused-ring (bicyclic) bond motifs is 4. The van der Waals surface area contributed by atoms with Crippen LogP contribution in [-0.4, -0.2) is 9.97 Å². The maximum absolute atomic E-state index is 5.47. The van der Waals surface area contributed by atoms with E-state index < -0.39 is 0 Å². The van der Waals surface area contributed by atoms with Crippen molar-refractivity contribution in [2.45, 2.75) is 11.8 Å². The summed E-state index contributed by atoms with van der Waals surface area (Å²) in [6, 6.07) is 27.9. The minimum absolute atomic E-state index is 0.146. The van der Waals surface area contributed by atoms with Crippen LogP contribution in [0.3, 0.4) is 0 Å². The largest absolute Gasteiger partial charge is 0.242 e. The first kappa shape index (κ1) is 19.1. The third-order valence-electron chi connectivity index (χ3n) is 8.31. The number of benzene rings is 4. The van der Waals surface area contributed by atoms with E-state index in [1.807, 2.05) is 0 Å². The Morgan fingerprint density at radius 2 is 1.39 bits per heavy atom. The summed E-state index contributed by atoms with van der Waals surface area (Å²) in [4.78, 5) is 13.3.